The highest BCUT2D eigenvalue weighted by Crippen LogP contribution is 2.54. The standard InChI is InChI=1S/C34H42N6O3/c1-21(2)40-28-18-25(24-8-9-29(35-19-24)39-14-12-38(5)13-15-39)17-26(30(28)34(33(40)43)10-6-7-11-34)31(41)36-20-27-22(3)16-23(4)37-32(27)42/h8-9,16-19,21H,6-7,10-15,20H2,1-5H3,(H,36,41)(H,37,42). The molecule has 2 aliphatic heterocycles. The molecule has 0 atom stereocenters. The van der Waals surface area contributed by atoms with Crippen molar-refractivity contribution in [1.29, 1.82) is 0 Å². The topological polar surface area (TPSA) is 102 Å². The van der Waals surface area contributed by atoms with E-state index in [9.17, 15) is 14.4 Å². The number of piperazine rings is 1. The average molecular weight is 583 g/mol. The van der Waals surface area contributed by atoms with E-state index in [0.29, 0.717) is 11.1 Å². The molecule has 0 unspecified atom stereocenters. The number of carbonyl (C=O) groups is 2. The summed E-state index contributed by atoms with van der Waals surface area (Å²) >= 11 is 0. The van der Waals surface area contributed by atoms with Crippen LogP contribution in [-0.2, 0) is 16.8 Å². The van der Waals surface area contributed by atoms with Gasteiger partial charge in [-0.2, -0.15) is 0 Å². The number of pyridine rings is 2. The third-order valence-electron chi connectivity index (χ3n) is 9.53. The molecule has 2 N–H and O–H groups in total. The molecule has 9 nitrogen and oxygen atoms in total. The number of H-pyrrole nitrogens is 1. The van der Waals surface area contributed by atoms with Crippen molar-refractivity contribution in [2.45, 2.75) is 71.4 Å². The fourth-order valence-corrected chi connectivity index (χ4v) is 7.21. The molecule has 1 saturated carbocycles. The van der Waals surface area contributed by atoms with E-state index in [4.69, 9.17) is 4.98 Å². The normalized spacial score (nSPS) is 18.1. The number of fused-ring (bicyclic) bond motifs is 2. The number of hydrogen-bond acceptors (Lipinski definition) is 6. The summed E-state index contributed by atoms with van der Waals surface area (Å²) in [7, 11) is 2.14. The quantitative estimate of drug-likeness (QED) is 0.450. The van der Waals surface area contributed by atoms with Gasteiger partial charge in [0.15, 0.2) is 0 Å². The third-order valence-corrected chi connectivity index (χ3v) is 9.53. The van der Waals surface area contributed by atoms with Gasteiger partial charge >= 0.3 is 0 Å². The van der Waals surface area contributed by atoms with Gasteiger partial charge in [0.05, 0.1) is 5.41 Å². The molecule has 6 rings (SSSR count). The Balaban J connectivity index is 1.41. The van der Waals surface area contributed by atoms with Crippen LogP contribution in [0.1, 0.15) is 72.3 Å². The van der Waals surface area contributed by atoms with E-state index in [0.717, 1.165) is 91.3 Å². The number of aromatic nitrogens is 2. The van der Waals surface area contributed by atoms with E-state index in [-0.39, 0.29) is 30.0 Å². The molecule has 2 fully saturated rings. The van der Waals surface area contributed by atoms with Gasteiger partial charge in [0, 0.05) is 78.6 Å². The van der Waals surface area contributed by atoms with Gasteiger partial charge in [-0.25, -0.2) is 4.98 Å². The van der Waals surface area contributed by atoms with Crippen molar-refractivity contribution in [3.8, 4) is 11.1 Å². The van der Waals surface area contributed by atoms with Gasteiger partial charge in [0.2, 0.25) is 5.91 Å². The van der Waals surface area contributed by atoms with Gasteiger partial charge in [-0.15, -0.1) is 0 Å². The Kier molecular flexibility index (Phi) is 7.62. The van der Waals surface area contributed by atoms with E-state index in [1.807, 2.05) is 57.0 Å². The van der Waals surface area contributed by atoms with Gasteiger partial charge < -0.3 is 25.0 Å². The second kappa shape index (κ2) is 11.3. The zero-order valence-corrected chi connectivity index (χ0v) is 25.9. The smallest absolute Gasteiger partial charge is 0.253 e. The highest BCUT2D eigenvalue weighted by Gasteiger charge is 2.54. The predicted molar refractivity (Wildman–Crippen MR) is 170 cm³/mol. The number of benzene rings is 1. The number of rotatable bonds is 6. The second-order valence-corrected chi connectivity index (χ2v) is 12.8. The molecular weight excluding hydrogens is 540 g/mol. The molecule has 0 radical (unpaired) electrons. The maximum absolute atomic E-state index is 14.1. The molecule has 43 heavy (non-hydrogen) atoms. The lowest BCUT2D eigenvalue weighted by molar-refractivity contribution is -0.123. The summed E-state index contributed by atoms with van der Waals surface area (Å²) in [6.07, 6.45) is 5.25. The summed E-state index contributed by atoms with van der Waals surface area (Å²) < 4.78 is 0. The summed E-state index contributed by atoms with van der Waals surface area (Å²) in [6, 6.07) is 9.95. The molecular formula is C34H42N6O3. The van der Waals surface area contributed by atoms with Crippen LogP contribution in [0.25, 0.3) is 11.1 Å². The third kappa shape index (κ3) is 5.13. The van der Waals surface area contributed by atoms with Crippen LogP contribution in [0.2, 0.25) is 0 Å². The first-order chi connectivity index (χ1) is 20.6. The number of aromatic amines is 1. The lowest BCUT2D eigenvalue weighted by atomic mass is 9.77. The van der Waals surface area contributed by atoms with Crippen molar-refractivity contribution in [2.75, 3.05) is 43.0 Å². The molecule has 1 aliphatic carbocycles. The van der Waals surface area contributed by atoms with Crippen molar-refractivity contribution < 1.29 is 9.59 Å². The zero-order valence-electron chi connectivity index (χ0n) is 25.9. The lowest BCUT2D eigenvalue weighted by Gasteiger charge is -2.33. The molecule has 9 heteroatoms. The number of aryl methyl sites for hydroxylation is 2. The van der Waals surface area contributed by atoms with Gasteiger partial charge in [-0.1, -0.05) is 12.8 Å². The summed E-state index contributed by atoms with van der Waals surface area (Å²) in [5, 5.41) is 3.03. The van der Waals surface area contributed by atoms with Crippen LogP contribution < -0.4 is 20.7 Å². The first kappa shape index (κ1) is 29.1. The minimum atomic E-state index is -0.689. The van der Waals surface area contributed by atoms with Gasteiger partial charge in [-0.3, -0.25) is 14.4 Å². The first-order valence-corrected chi connectivity index (χ1v) is 15.5. The van der Waals surface area contributed by atoms with Gasteiger partial charge in [0.1, 0.15) is 5.82 Å². The molecule has 1 saturated heterocycles. The zero-order chi connectivity index (χ0) is 30.5. The Hall–Kier alpha value is -3.98. The minimum absolute atomic E-state index is 0.0520. The number of anilines is 2. The largest absolute Gasteiger partial charge is 0.354 e. The van der Waals surface area contributed by atoms with Crippen LogP contribution in [-0.4, -0.2) is 66.0 Å². The fourth-order valence-electron chi connectivity index (χ4n) is 7.21. The van der Waals surface area contributed by atoms with Crippen LogP contribution in [0.4, 0.5) is 11.5 Å². The van der Waals surface area contributed by atoms with Crippen LogP contribution in [0.5, 0.6) is 0 Å². The molecule has 226 valence electrons. The fraction of sp³-hybridized carbons (Fsp3) is 0.471. The predicted octanol–water partition coefficient (Wildman–Crippen LogP) is 4.30. The van der Waals surface area contributed by atoms with Crippen LogP contribution in [0.15, 0.2) is 41.3 Å². The molecule has 2 amide bonds. The minimum Gasteiger partial charge on any atom is -0.354 e. The maximum Gasteiger partial charge on any atom is 0.253 e. The lowest BCUT2D eigenvalue weighted by Crippen LogP contribution is -2.44. The Labute approximate surface area is 253 Å². The number of likely N-dealkylation sites (N-methyl/N-ethyl adjacent to an activating group) is 1. The second-order valence-electron chi connectivity index (χ2n) is 12.8. The van der Waals surface area contributed by atoms with Crippen molar-refractivity contribution in [3.05, 3.63) is 74.8 Å². The Bertz CT molecular complexity index is 1610. The summed E-state index contributed by atoms with van der Waals surface area (Å²) in [5.74, 6) is 0.762. The monoisotopic (exact) mass is 582 g/mol. The molecule has 0 bridgehead atoms. The summed E-state index contributed by atoms with van der Waals surface area (Å²) in [5.41, 5.74) is 5.16. The van der Waals surface area contributed by atoms with Crippen LogP contribution >= 0.6 is 0 Å². The van der Waals surface area contributed by atoms with Crippen LogP contribution in [0.3, 0.4) is 0 Å². The Morgan fingerprint density at radius 1 is 1.02 bits per heavy atom. The van der Waals surface area contributed by atoms with Gasteiger partial charge in [-0.05, 0) is 89.0 Å². The van der Waals surface area contributed by atoms with Crippen LogP contribution in [0, 0.1) is 13.8 Å². The SMILES string of the molecule is Cc1cc(C)c(CNC(=O)c2cc(-c3ccc(N4CCN(C)CC4)nc3)cc3c2C2(CCCC2)C(=O)N3C(C)C)c(=O)[nH]1. The van der Waals surface area contributed by atoms with E-state index in [2.05, 4.69) is 39.3 Å². The Morgan fingerprint density at radius 2 is 1.74 bits per heavy atom. The molecule has 1 aromatic carbocycles. The number of hydrogen-bond donors (Lipinski definition) is 2. The number of carbonyl (C=O) groups excluding carboxylic acids is 2. The van der Waals surface area contributed by atoms with E-state index in [1.54, 1.807) is 0 Å². The van der Waals surface area contributed by atoms with Gasteiger partial charge in [0.25, 0.3) is 11.5 Å². The first-order valence-electron chi connectivity index (χ1n) is 15.5. The molecule has 2 aromatic heterocycles. The highest BCUT2D eigenvalue weighted by atomic mass is 16.2. The van der Waals surface area contributed by atoms with Crippen molar-refractivity contribution in [1.82, 2.24) is 20.2 Å². The summed E-state index contributed by atoms with van der Waals surface area (Å²) in [4.78, 5) is 55.0. The number of amides is 2. The molecule has 3 aromatic rings. The van der Waals surface area contributed by atoms with Crippen molar-refractivity contribution >= 4 is 23.3 Å². The van der Waals surface area contributed by atoms with Crippen molar-refractivity contribution in [2.24, 2.45) is 0 Å². The van der Waals surface area contributed by atoms with E-state index >= 15 is 0 Å². The summed E-state index contributed by atoms with van der Waals surface area (Å²) in [6.45, 7) is 11.8. The highest BCUT2D eigenvalue weighted by molar-refractivity contribution is 6.13. The maximum atomic E-state index is 14.1. The van der Waals surface area contributed by atoms with Crippen molar-refractivity contribution in [3.63, 3.8) is 0 Å². The van der Waals surface area contributed by atoms with E-state index in [1.165, 1.54) is 0 Å². The molecule has 1 spiro atoms. The Morgan fingerprint density at radius 3 is 2.37 bits per heavy atom. The van der Waals surface area contributed by atoms with E-state index < -0.39 is 5.41 Å². The number of nitrogens with one attached hydrogen (secondary N) is 2. The molecule has 4 heterocycles. The average Bonchev–Trinajstić information content (AvgIpc) is 3.56. The number of nitrogens with zero attached hydrogens (tertiary/aromatic N) is 4. The molecule has 3 aliphatic rings.